The highest BCUT2D eigenvalue weighted by molar-refractivity contribution is 14.0. The van der Waals surface area contributed by atoms with Gasteiger partial charge in [0.05, 0.1) is 18.7 Å². The molecule has 7 nitrogen and oxygen atoms in total. The lowest BCUT2D eigenvalue weighted by molar-refractivity contribution is 0.0493. The smallest absolute Gasteiger partial charge is 0.407 e. The Bertz CT molecular complexity index is 458. The topological polar surface area (TPSA) is 95.0 Å². The molecule has 0 bridgehead atoms. The highest BCUT2D eigenvalue weighted by Crippen LogP contribution is 2.18. The zero-order chi connectivity index (χ0) is 19.7. The maximum absolute atomic E-state index is 12.1. The molecule has 0 heterocycles. The lowest BCUT2D eigenvalue weighted by Crippen LogP contribution is -2.47. The minimum absolute atomic E-state index is 0. The monoisotopic (exact) mass is 498 g/mol. The van der Waals surface area contributed by atoms with E-state index in [1.54, 1.807) is 0 Å². The molecule has 1 fully saturated rings. The van der Waals surface area contributed by atoms with Crippen molar-refractivity contribution in [3.8, 4) is 0 Å². The molecular formula is C19H39IN4O3. The van der Waals surface area contributed by atoms with Crippen LogP contribution in [0.3, 0.4) is 0 Å². The number of carbonyl (C=O) groups is 1. The number of halogens is 1. The number of aliphatic hydroxyl groups excluding tert-OH is 1. The molecule has 8 heteroatoms. The average Bonchev–Trinajstić information content (AvgIpc) is 2.51. The van der Waals surface area contributed by atoms with Crippen LogP contribution in [0, 0.1) is 5.92 Å². The van der Waals surface area contributed by atoms with Gasteiger partial charge in [-0.15, -0.1) is 24.0 Å². The van der Waals surface area contributed by atoms with Crippen molar-refractivity contribution in [3.63, 3.8) is 0 Å². The van der Waals surface area contributed by atoms with Crippen LogP contribution in [0.5, 0.6) is 0 Å². The number of nitrogens with zero attached hydrogens (tertiary/aromatic N) is 1. The molecule has 4 N–H and O–H groups in total. The van der Waals surface area contributed by atoms with E-state index in [4.69, 9.17) is 4.74 Å². The number of guanidine groups is 1. The van der Waals surface area contributed by atoms with Crippen LogP contribution in [0.1, 0.15) is 67.2 Å². The van der Waals surface area contributed by atoms with Gasteiger partial charge in [0.2, 0.25) is 0 Å². The van der Waals surface area contributed by atoms with Gasteiger partial charge in [-0.1, -0.05) is 13.8 Å². The first-order valence-electron chi connectivity index (χ1n) is 9.83. The molecule has 0 aromatic heterocycles. The summed E-state index contributed by atoms with van der Waals surface area (Å²) < 4.78 is 5.35. The fourth-order valence-corrected chi connectivity index (χ4v) is 2.81. The van der Waals surface area contributed by atoms with Gasteiger partial charge in [-0.2, -0.15) is 0 Å². The lowest BCUT2D eigenvalue weighted by Gasteiger charge is -2.28. The normalized spacial score (nSPS) is 21.9. The molecule has 1 amide bonds. The van der Waals surface area contributed by atoms with Crippen LogP contribution in [-0.2, 0) is 4.74 Å². The number of aliphatic hydroxyl groups is 1. The molecule has 160 valence electrons. The van der Waals surface area contributed by atoms with E-state index in [0.29, 0.717) is 12.6 Å². The number of ether oxygens (including phenoxy) is 1. The predicted molar refractivity (Wildman–Crippen MR) is 121 cm³/mol. The summed E-state index contributed by atoms with van der Waals surface area (Å²) in [6, 6.07) is 0.223. The second-order valence-corrected chi connectivity index (χ2v) is 8.37. The van der Waals surface area contributed by atoms with Crippen molar-refractivity contribution < 1.29 is 14.6 Å². The van der Waals surface area contributed by atoms with Gasteiger partial charge in [-0.25, -0.2) is 4.79 Å². The van der Waals surface area contributed by atoms with Crippen molar-refractivity contribution >= 4 is 36.0 Å². The molecule has 0 saturated heterocycles. The van der Waals surface area contributed by atoms with E-state index in [-0.39, 0.29) is 42.0 Å². The number of hydrogen-bond acceptors (Lipinski definition) is 4. The first-order valence-corrected chi connectivity index (χ1v) is 9.83. The van der Waals surface area contributed by atoms with Gasteiger partial charge in [0.15, 0.2) is 5.96 Å². The number of nitrogens with one attached hydrogen (secondary N) is 3. The molecule has 0 aliphatic heterocycles. The van der Waals surface area contributed by atoms with Crippen molar-refractivity contribution in [1.29, 1.82) is 0 Å². The summed E-state index contributed by atoms with van der Waals surface area (Å²) in [5, 5.41) is 19.3. The molecule has 27 heavy (non-hydrogen) atoms. The Morgan fingerprint density at radius 1 is 1.22 bits per heavy atom. The van der Waals surface area contributed by atoms with Crippen molar-refractivity contribution in [2.45, 2.75) is 91.0 Å². The van der Waals surface area contributed by atoms with Crippen molar-refractivity contribution in [3.05, 3.63) is 0 Å². The van der Waals surface area contributed by atoms with E-state index < -0.39 is 11.7 Å². The van der Waals surface area contributed by atoms with Gasteiger partial charge in [0, 0.05) is 12.6 Å². The van der Waals surface area contributed by atoms with E-state index in [1.807, 2.05) is 27.7 Å². The Labute approximate surface area is 181 Å². The van der Waals surface area contributed by atoms with E-state index in [1.165, 1.54) is 0 Å². The summed E-state index contributed by atoms with van der Waals surface area (Å²) in [7, 11) is 0. The molecule has 1 saturated carbocycles. The van der Waals surface area contributed by atoms with E-state index in [0.717, 1.165) is 38.2 Å². The first kappa shape index (κ1) is 26.2. The predicted octanol–water partition coefficient (Wildman–Crippen LogP) is 3.01. The maximum atomic E-state index is 12.1. The minimum atomic E-state index is -0.517. The van der Waals surface area contributed by atoms with Crippen LogP contribution >= 0.6 is 24.0 Å². The Hall–Kier alpha value is -0.770. The number of rotatable bonds is 6. The summed E-state index contributed by atoms with van der Waals surface area (Å²) in [5.41, 5.74) is -0.517. The zero-order valence-corrected chi connectivity index (χ0v) is 20.0. The Kier molecular flexibility index (Phi) is 12.3. The van der Waals surface area contributed by atoms with Crippen LogP contribution in [0.25, 0.3) is 0 Å². The number of hydrogen-bond donors (Lipinski definition) is 4. The lowest BCUT2D eigenvalue weighted by atomic mass is 9.93. The van der Waals surface area contributed by atoms with Crippen LogP contribution in [0.15, 0.2) is 4.99 Å². The quantitative estimate of drug-likeness (QED) is 0.257. The average molecular weight is 498 g/mol. The van der Waals surface area contributed by atoms with Gasteiger partial charge in [-0.05, 0) is 59.3 Å². The van der Waals surface area contributed by atoms with Gasteiger partial charge in [0.1, 0.15) is 5.60 Å². The molecule has 1 aliphatic carbocycles. The van der Waals surface area contributed by atoms with Crippen LogP contribution in [0.4, 0.5) is 4.79 Å². The van der Waals surface area contributed by atoms with Gasteiger partial charge >= 0.3 is 6.09 Å². The molecule has 0 radical (unpaired) electrons. The van der Waals surface area contributed by atoms with E-state index >= 15 is 0 Å². The molecular weight excluding hydrogens is 459 g/mol. The fraction of sp³-hybridized carbons (Fsp3) is 0.895. The molecule has 1 aliphatic rings. The Morgan fingerprint density at radius 2 is 1.81 bits per heavy atom. The summed E-state index contributed by atoms with van der Waals surface area (Å²) in [6.07, 6.45) is 2.95. The summed E-state index contributed by atoms with van der Waals surface area (Å²) in [5.74, 6) is 0.990. The minimum Gasteiger partial charge on any atom is -0.444 e. The van der Waals surface area contributed by atoms with Crippen LogP contribution in [0.2, 0.25) is 0 Å². The van der Waals surface area contributed by atoms with E-state index in [9.17, 15) is 9.90 Å². The van der Waals surface area contributed by atoms with Crippen LogP contribution in [-0.4, -0.2) is 54.0 Å². The van der Waals surface area contributed by atoms with Crippen molar-refractivity contribution in [2.75, 3.05) is 13.1 Å². The molecule has 0 aromatic rings. The molecule has 0 aromatic carbocycles. The number of aliphatic imine (C=N–C) groups is 1. The van der Waals surface area contributed by atoms with Gasteiger partial charge in [0.25, 0.3) is 0 Å². The van der Waals surface area contributed by atoms with E-state index in [2.05, 4.69) is 34.8 Å². The largest absolute Gasteiger partial charge is 0.444 e. The third-order valence-corrected chi connectivity index (χ3v) is 4.33. The van der Waals surface area contributed by atoms with Crippen molar-refractivity contribution in [2.24, 2.45) is 10.9 Å². The highest BCUT2D eigenvalue weighted by atomic mass is 127. The van der Waals surface area contributed by atoms with Gasteiger partial charge in [-0.3, -0.25) is 4.99 Å². The SMILES string of the molecule is CCNC(=NCC(NC(=O)OC(C)(C)C)C(C)C)NC1CCC(O)CC1.I. The second kappa shape index (κ2) is 12.6. The Balaban J connectivity index is 0.00000676. The highest BCUT2D eigenvalue weighted by Gasteiger charge is 2.22. The number of carbonyl (C=O) groups excluding carboxylic acids is 1. The first-order chi connectivity index (χ1) is 12.1. The number of alkyl carbamates (subject to hydrolysis) is 1. The summed E-state index contributed by atoms with van der Waals surface area (Å²) >= 11 is 0. The summed E-state index contributed by atoms with van der Waals surface area (Å²) in [6.45, 7) is 12.9. The molecule has 0 spiro atoms. The standard InChI is InChI=1S/C19H38N4O3.HI/c1-7-20-17(22-14-8-10-15(24)11-9-14)21-12-16(13(2)3)23-18(25)26-19(4,5)6;/h13-16,24H,7-12H2,1-6H3,(H,23,25)(H2,20,21,22);1H. The fourth-order valence-electron chi connectivity index (χ4n) is 2.81. The molecule has 1 rings (SSSR count). The van der Waals surface area contributed by atoms with Gasteiger partial charge < -0.3 is 25.8 Å². The maximum Gasteiger partial charge on any atom is 0.407 e. The summed E-state index contributed by atoms with van der Waals surface area (Å²) in [4.78, 5) is 16.7. The van der Waals surface area contributed by atoms with Crippen LogP contribution < -0.4 is 16.0 Å². The zero-order valence-electron chi connectivity index (χ0n) is 17.7. The number of amides is 1. The second-order valence-electron chi connectivity index (χ2n) is 8.37. The molecule has 1 atom stereocenters. The third-order valence-electron chi connectivity index (χ3n) is 4.33. The molecule has 1 unspecified atom stereocenters. The Morgan fingerprint density at radius 3 is 2.30 bits per heavy atom. The van der Waals surface area contributed by atoms with Crippen molar-refractivity contribution in [1.82, 2.24) is 16.0 Å². The third kappa shape index (κ3) is 11.6.